The number of benzene rings is 1. The molecule has 31 heavy (non-hydrogen) atoms. The molecule has 6 nitrogen and oxygen atoms in total. The molecule has 7 heteroatoms. The van der Waals surface area contributed by atoms with E-state index in [4.69, 9.17) is 0 Å². The number of nitrogens with one attached hydrogen (secondary N) is 1. The van der Waals surface area contributed by atoms with Crippen LogP contribution in [0.5, 0.6) is 0 Å². The number of nitrogens with zero attached hydrogens (tertiary/aromatic N) is 3. The molecular formula is C24H36N4O2S. The van der Waals surface area contributed by atoms with Crippen molar-refractivity contribution in [1.82, 2.24) is 14.7 Å². The van der Waals surface area contributed by atoms with E-state index in [0.717, 1.165) is 64.3 Å². The molecule has 0 radical (unpaired) electrons. The van der Waals surface area contributed by atoms with Crippen molar-refractivity contribution in [3.05, 3.63) is 29.8 Å². The number of amides is 2. The van der Waals surface area contributed by atoms with Crippen LogP contribution >= 0.6 is 11.8 Å². The lowest BCUT2D eigenvalue weighted by molar-refractivity contribution is -0.138. The number of anilines is 1. The Morgan fingerprint density at radius 2 is 1.68 bits per heavy atom. The number of hydrogen-bond donors (Lipinski definition) is 1. The molecular weight excluding hydrogens is 408 g/mol. The molecule has 2 heterocycles. The van der Waals surface area contributed by atoms with Gasteiger partial charge in [-0.05, 0) is 30.5 Å². The summed E-state index contributed by atoms with van der Waals surface area (Å²) in [6.45, 7) is 6.64. The summed E-state index contributed by atoms with van der Waals surface area (Å²) in [5.74, 6) is 3.01. The third-order valence-corrected chi connectivity index (χ3v) is 7.67. The zero-order chi connectivity index (χ0) is 21.5. The molecule has 1 aliphatic carbocycles. The highest BCUT2D eigenvalue weighted by Crippen LogP contribution is 2.26. The van der Waals surface area contributed by atoms with Gasteiger partial charge in [-0.3, -0.25) is 19.4 Å². The van der Waals surface area contributed by atoms with Gasteiger partial charge >= 0.3 is 0 Å². The third-order valence-electron chi connectivity index (χ3n) is 6.73. The summed E-state index contributed by atoms with van der Waals surface area (Å²) in [5, 5.41) is 3.07. The maximum Gasteiger partial charge on any atom is 0.238 e. The molecule has 0 bridgehead atoms. The van der Waals surface area contributed by atoms with Crippen LogP contribution in [0.2, 0.25) is 0 Å². The van der Waals surface area contributed by atoms with Gasteiger partial charge in [-0.1, -0.05) is 31.4 Å². The predicted molar refractivity (Wildman–Crippen MR) is 127 cm³/mol. The Morgan fingerprint density at radius 1 is 0.935 bits per heavy atom. The minimum atomic E-state index is 0.0265. The maximum absolute atomic E-state index is 12.7. The fourth-order valence-electron chi connectivity index (χ4n) is 4.90. The van der Waals surface area contributed by atoms with Gasteiger partial charge in [0.25, 0.3) is 0 Å². The van der Waals surface area contributed by atoms with Crippen molar-refractivity contribution in [2.24, 2.45) is 5.92 Å². The average molecular weight is 445 g/mol. The van der Waals surface area contributed by atoms with Crippen LogP contribution in [0, 0.1) is 5.92 Å². The van der Waals surface area contributed by atoms with Crippen molar-refractivity contribution in [1.29, 1.82) is 0 Å². The standard InChI is InChI=1S/C24H36N4O2S/c29-23(25-22-8-4-5-20(17-22)18-27-13-15-31-16-14-27)19-26-9-11-28(12-10-26)24(30)21-6-2-1-3-7-21/h4-5,8,17,21H,1-3,6-7,9-16,18-19H2,(H,25,29). The molecule has 4 rings (SSSR count). The van der Waals surface area contributed by atoms with Crippen LogP contribution in [0.1, 0.15) is 37.7 Å². The SMILES string of the molecule is O=C(CN1CCN(C(=O)C2CCCCC2)CC1)Nc1cccc(CN2CCSCC2)c1. The Labute approximate surface area is 190 Å². The molecule has 2 amide bonds. The lowest BCUT2D eigenvalue weighted by Crippen LogP contribution is -2.52. The largest absolute Gasteiger partial charge is 0.340 e. The Bertz CT molecular complexity index is 739. The van der Waals surface area contributed by atoms with Crippen LogP contribution < -0.4 is 5.32 Å². The summed E-state index contributed by atoms with van der Waals surface area (Å²) in [5.41, 5.74) is 2.12. The molecule has 170 valence electrons. The van der Waals surface area contributed by atoms with Crippen LogP contribution in [0.15, 0.2) is 24.3 Å². The first-order valence-electron chi connectivity index (χ1n) is 11.9. The minimum Gasteiger partial charge on any atom is -0.340 e. The van der Waals surface area contributed by atoms with E-state index in [0.29, 0.717) is 12.5 Å². The van der Waals surface area contributed by atoms with Crippen LogP contribution in [-0.2, 0) is 16.1 Å². The van der Waals surface area contributed by atoms with E-state index in [9.17, 15) is 9.59 Å². The minimum absolute atomic E-state index is 0.0265. The van der Waals surface area contributed by atoms with Crippen molar-refractivity contribution >= 4 is 29.3 Å². The molecule has 0 unspecified atom stereocenters. The summed E-state index contributed by atoms with van der Waals surface area (Å²) < 4.78 is 0. The van der Waals surface area contributed by atoms with Gasteiger partial charge in [0.1, 0.15) is 0 Å². The van der Waals surface area contributed by atoms with Gasteiger partial charge in [0.2, 0.25) is 11.8 Å². The first-order valence-corrected chi connectivity index (χ1v) is 13.0. The average Bonchev–Trinajstić information content (AvgIpc) is 2.80. The smallest absolute Gasteiger partial charge is 0.238 e. The number of rotatable bonds is 6. The number of thioether (sulfide) groups is 1. The molecule has 1 saturated carbocycles. The van der Waals surface area contributed by atoms with Gasteiger partial charge in [-0.25, -0.2) is 0 Å². The van der Waals surface area contributed by atoms with Crippen LogP contribution in [0.4, 0.5) is 5.69 Å². The molecule has 0 aromatic heterocycles. The van der Waals surface area contributed by atoms with E-state index in [1.807, 2.05) is 28.8 Å². The highest BCUT2D eigenvalue weighted by Gasteiger charge is 2.28. The Kier molecular flexibility index (Phi) is 8.27. The molecule has 0 spiro atoms. The van der Waals surface area contributed by atoms with Crippen molar-refractivity contribution in [3.8, 4) is 0 Å². The van der Waals surface area contributed by atoms with Gasteiger partial charge in [0.05, 0.1) is 6.54 Å². The van der Waals surface area contributed by atoms with Gasteiger partial charge in [-0.15, -0.1) is 0 Å². The second-order valence-electron chi connectivity index (χ2n) is 9.07. The van der Waals surface area contributed by atoms with Crippen molar-refractivity contribution in [3.63, 3.8) is 0 Å². The van der Waals surface area contributed by atoms with E-state index >= 15 is 0 Å². The second-order valence-corrected chi connectivity index (χ2v) is 10.3. The zero-order valence-electron chi connectivity index (χ0n) is 18.6. The lowest BCUT2D eigenvalue weighted by Gasteiger charge is -2.36. The quantitative estimate of drug-likeness (QED) is 0.731. The molecule has 3 aliphatic rings. The number of piperazine rings is 1. The van der Waals surface area contributed by atoms with E-state index < -0.39 is 0 Å². The summed E-state index contributed by atoms with van der Waals surface area (Å²) in [4.78, 5) is 32.0. The van der Waals surface area contributed by atoms with Crippen molar-refractivity contribution < 1.29 is 9.59 Å². The fraction of sp³-hybridized carbons (Fsp3) is 0.667. The maximum atomic E-state index is 12.7. The summed E-state index contributed by atoms with van der Waals surface area (Å²) >= 11 is 2.02. The van der Waals surface area contributed by atoms with Crippen LogP contribution in [0.25, 0.3) is 0 Å². The summed E-state index contributed by atoms with van der Waals surface area (Å²) in [6, 6.07) is 8.23. The van der Waals surface area contributed by atoms with Crippen LogP contribution in [-0.4, -0.2) is 83.8 Å². The first kappa shape index (κ1) is 22.6. The molecule has 1 aromatic rings. The van der Waals surface area contributed by atoms with E-state index in [-0.39, 0.29) is 11.8 Å². The highest BCUT2D eigenvalue weighted by atomic mass is 32.2. The fourth-order valence-corrected chi connectivity index (χ4v) is 5.88. The number of carbonyl (C=O) groups is 2. The molecule has 2 saturated heterocycles. The van der Waals surface area contributed by atoms with E-state index in [2.05, 4.69) is 27.2 Å². The lowest BCUT2D eigenvalue weighted by atomic mass is 9.88. The summed E-state index contributed by atoms with van der Waals surface area (Å²) in [6.07, 6.45) is 5.76. The summed E-state index contributed by atoms with van der Waals surface area (Å²) in [7, 11) is 0. The van der Waals surface area contributed by atoms with Crippen molar-refractivity contribution in [2.75, 3.05) is 62.6 Å². The molecule has 2 aliphatic heterocycles. The first-order chi connectivity index (χ1) is 15.2. The Morgan fingerprint density at radius 3 is 2.42 bits per heavy atom. The normalized spacial score (nSPS) is 21.7. The number of hydrogen-bond acceptors (Lipinski definition) is 5. The van der Waals surface area contributed by atoms with Gasteiger partial charge in [-0.2, -0.15) is 11.8 Å². The molecule has 3 fully saturated rings. The second kappa shape index (κ2) is 11.3. The van der Waals surface area contributed by atoms with Crippen LogP contribution in [0.3, 0.4) is 0 Å². The Balaban J connectivity index is 1.20. The van der Waals surface area contributed by atoms with Gasteiger partial charge < -0.3 is 10.2 Å². The predicted octanol–water partition coefficient (Wildman–Crippen LogP) is 2.90. The molecule has 0 atom stereocenters. The highest BCUT2D eigenvalue weighted by molar-refractivity contribution is 7.99. The number of carbonyl (C=O) groups excluding carboxylic acids is 2. The molecule has 1 aromatic carbocycles. The monoisotopic (exact) mass is 444 g/mol. The van der Waals surface area contributed by atoms with Gasteiger partial charge in [0, 0.05) is 68.9 Å². The third kappa shape index (κ3) is 6.70. The van der Waals surface area contributed by atoms with Crippen molar-refractivity contribution in [2.45, 2.75) is 38.6 Å². The van der Waals surface area contributed by atoms with E-state index in [1.54, 1.807) is 0 Å². The van der Waals surface area contributed by atoms with Gasteiger partial charge in [0.15, 0.2) is 0 Å². The topological polar surface area (TPSA) is 55.9 Å². The zero-order valence-corrected chi connectivity index (χ0v) is 19.4. The van der Waals surface area contributed by atoms with E-state index in [1.165, 1.54) is 36.3 Å². The Hall–Kier alpha value is -1.57. The molecule has 1 N–H and O–H groups in total.